The number of hydrogen-bond donors (Lipinski definition) is 0. The molecule has 0 unspecified atom stereocenters. The van der Waals surface area contributed by atoms with Gasteiger partial charge < -0.3 is 9.32 Å². The van der Waals surface area contributed by atoms with E-state index in [1.54, 1.807) is 0 Å². The van der Waals surface area contributed by atoms with Gasteiger partial charge in [0.25, 0.3) is 0 Å². The molecular formula is C39H26N2O. The number of aromatic nitrogens is 1. The van der Waals surface area contributed by atoms with Crippen LogP contribution >= 0.6 is 0 Å². The molecule has 0 saturated heterocycles. The van der Waals surface area contributed by atoms with E-state index < -0.39 is 0 Å². The molecule has 1 aromatic heterocycles. The van der Waals surface area contributed by atoms with E-state index >= 15 is 0 Å². The van der Waals surface area contributed by atoms with Crippen molar-refractivity contribution in [3.63, 3.8) is 0 Å². The van der Waals surface area contributed by atoms with Crippen molar-refractivity contribution in [3.8, 4) is 22.6 Å². The third-order valence-corrected chi connectivity index (χ3v) is 7.86. The van der Waals surface area contributed by atoms with Crippen molar-refractivity contribution in [1.82, 2.24) is 4.98 Å². The molecule has 8 aromatic rings. The normalized spacial score (nSPS) is 11.3. The summed E-state index contributed by atoms with van der Waals surface area (Å²) >= 11 is 0. The Morgan fingerprint density at radius 2 is 1.00 bits per heavy atom. The van der Waals surface area contributed by atoms with Gasteiger partial charge in [-0.15, -0.1) is 0 Å². The molecule has 7 aromatic carbocycles. The molecule has 0 spiro atoms. The van der Waals surface area contributed by atoms with Crippen LogP contribution in [0.2, 0.25) is 0 Å². The number of benzene rings is 7. The van der Waals surface area contributed by atoms with Crippen LogP contribution in [0.5, 0.6) is 0 Å². The van der Waals surface area contributed by atoms with E-state index in [4.69, 9.17) is 9.40 Å². The van der Waals surface area contributed by atoms with Crippen molar-refractivity contribution in [2.45, 2.75) is 0 Å². The highest BCUT2D eigenvalue weighted by molar-refractivity contribution is 6.18. The third kappa shape index (κ3) is 4.20. The molecule has 198 valence electrons. The third-order valence-electron chi connectivity index (χ3n) is 7.86. The van der Waals surface area contributed by atoms with Crippen molar-refractivity contribution in [3.05, 3.63) is 158 Å². The van der Waals surface area contributed by atoms with E-state index in [-0.39, 0.29) is 0 Å². The van der Waals surface area contributed by atoms with Gasteiger partial charge in [0.05, 0.1) is 0 Å². The number of oxazole rings is 1. The first-order valence-corrected chi connectivity index (χ1v) is 14.1. The molecule has 0 aliphatic carbocycles. The number of nitrogens with zero attached hydrogens (tertiary/aromatic N) is 2. The average Bonchev–Trinajstić information content (AvgIpc) is 3.51. The number of fused-ring (bicyclic) bond motifs is 5. The minimum Gasteiger partial charge on any atom is -0.435 e. The van der Waals surface area contributed by atoms with Gasteiger partial charge in [-0.1, -0.05) is 103 Å². The Morgan fingerprint density at radius 3 is 1.74 bits per heavy atom. The standard InChI is InChI=1S/C39H26N2O/c1-4-10-27(11-5-1)28-18-22-33(23-19-28)41(32-14-8-3-9-15-32)34-24-20-29-16-17-30-21-25-36-38(37(30)35(29)26-34)42-39(40-36)31-12-6-2-7-13-31/h1-26H. The highest BCUT2D eigenvalue weighted by atomic mass is 16.3. The molecule has 0 bridgehead atoms. The van der Waals surface area contributed by atoms with Gasteiger partial charge in [0.1, 0.15) is 5.52 Å². The molecule has 3 nitrogen and oxygen atoms in total. The summed E-state index contributed by atoms with van der Waals surface area (Å²) in [5, 5.41) is 4.49. The first-order valence-electron chi connectivity index (χ1n) is 14.1. The Balaban J connectivity index is 1.31. The van der Waals surface area contributed by atoms with Crippen LogP contribution in [0.1, 0.15) is 0 Å². The molecule has 8 rings (SSSR count). The second-order valence-electron chi connectivity index (χ2n) is 10.5. The van der Waals surface area contributed by atoms with Gasteiger partial charge in [0, 0.05) is 28.0 Å². The van der Waals surface area contributed by atoms with Crippen molar-refractivity contribution in [1.29, 1.82) is 0 Å². The van der Waals surface area contributed by atoms with Gasteiger partial charge in [-0.25, -0.2) is 4.98 Å². The van der Waals surface area contributed by atoms with Crippen LogP contribution in [-0.2, 0) is 0 Å². The van der Waals surface area contributed by atoms with Gasteiger partial charge >= 0.3 is 0 Å². The van der Waals surface area contributed by atoms with Crippen LogP contribution < -0.4 is 4.90 Å². The molecule has 0 amide bonds. The summed E-state index contributed by atoms with van der Waals surface area (Å²) in [6.45, 7) is 0. The molecule has 0 radical (unpaired) electrons. The summed E-state index contributed by atoms with van der Waals surface area (Å²) in [7, 11) is 0. The second kappa shape index (κ2) is 10.1. The largest absolute Gasteiger partial charge is 0.435 e. The zero-order valence-electron chi connectivity index (χ0n) is 22.8. The summed E-state index contributed by atoms with van der Waals surface area (Å²) in [6, 6.07) is 55.1. The fourth-order valence-electron chi connectivity index (χ4n) is 5.81. The topological polar surface area (TPSA) is 29.3 Å². The van der Waals surface area contributed by atoms with Crippen LogP contribution in [0.15, 0.2) is 162 Å². The van der Waals surface area contributed by atoms with E-state index in [1.807, 2.05) is 42.5 Å². The van der Waals surface area contributed by atoms with Crippen LogP contribution in [0, 0.1) is 0 Å². The number of para-hydroxylation sites is 1. The minimum absolute atomic E-state index is 0.635. The van der Waals surface area contributed by atoms with Gasteiger partial charge in [-0.05, 0) is 81.9 Å². The average molecular weight is 539 g/mol. The maximum Gasteiger partial charge on any atom is 0.227 e. The van der Waals surface area contributed by atoms with E-state index in [2.05, 4.69) is 120 Å². The summed E-state index contributed by atoms with van der Waals surface area (Å²) in [4.78, 5) is 7.16. The zero-order valence-corrected chi connectivity index (χ0v) is 22.8. The summed E-state index contributed by atoms with van der Waals surface area (Å²) < 4.78 is 6.48. The van der Waals surface area contributed by atoms with E-state index in [9.17, 15) is 0 Å². The SMILES string of the molecule is c1ccc(-c2ccc(N(c3ccccc3)c3ccc4ccc5ccc6nc(-c7ccccc7)oc6c5c4c3)cc2)cc1. The lowest BCUT2D eigenvalue weighted by Crippen LogP contribution is -2.09. The predicted octanol–water partition coefficient (Wildman–Crippen LogP) is 10.9. The van der Waals surface area contributed by atoms with E-state index in [0.29, 0.717) is 5.89 Å². The number of rotatable bonds is 5. The first kappa shape index (κ1) is 24.2. The van der Waals surface area contributed by atoms with Crippen molar-refractivity contribution < 1.29 is 4.42 Å². The lowest BCUT2D eigenvalue weighted by molar-refractivity contribution is 0.623. The number of hydrogen-bond acceptors (Lipinski definition) is 3. The first-order chi connectivity index (χ1) is 20.8. The van der Waals surface area contributed by atoms with Crippen LogP contribution in [0.3, 0.4) is 0 Å². The van der Waals surface area contributed by atoms with Gasteiger partial charge in [-0.2, -0.15) is 0 Å². The Hall–Kier alpha value is -5.67. The Labute approximate surface area is 243 Å². The molecule has 0 fully saturated rings. The molecule has 3 heteroatoms. The lowest BCUT2D eigenvalue weighted by Gasteiger charge is -2.26. The molecule has 0 aliphatic heterocycles. The highest BCUT2D eigenvalue weighted by Gasteiger charge is 2.17. The minimum atomic E-state index is 0.635. The summed E-state index contributed by atoms with van der Waals surface area (Å²) in [5.74, 6) is 0.635. The van der Waals surface area contributed by atoms with E-state index in [0.717, 1.165) is 55.3 Å². The molecule has 42 heavy (non-hydrogen) atoms. The Kier molecular flexibility index (Phi) is 5.79. The molecule has 0 saturated carbocycles. The maximum atomic E-state index is 6.48. The van der Waals surface area contributed by atoms with E-state index in [1.165, 1.54) is 11.1 Å². The zero-order chi connectivity index (χ0) is 27.9. The van der Waals surface area contributed by atoms with Gasteiger partial charge in [0.15, 0.2) is 5.58 Å². The molecule has 0 aliphatic rings. The smallest absolute Gasteiger partial charge is 0.227 e. The molecule has 1 heterocycles. The highest BCUT2D eigenvalue weighted by Crippen LogP contribution is 2.40. The second-order valence-corrected chi connectivity index (χ2v) is 10.5. The maximum absolute atomic E-state index is 6.48. The quantitative estimate of drug-likeness (QED) is 0.204. The Morgan fingerprint density at radius 1 is 0.452 bits per heavy atom. The Bertz CT molecular complexity index is 2170. The molecule has 0 N–H and O–H groups in total. The van der Waals surface area contributed by atoms with Gasteiger partial charge in [0.2, 0.25) is 5.89 Å². The monoisotopic (exact) mass is 538 g/mol. The lowest BCUT2D eigenvalue weighted by atomic mass is 10.00. The van der Waals surface area contributed by atoms with Gasteiger partial charge in [-0.3, -0.25) is 0 Å². The molecule has 0 atom stereocenters. The van der Waals surface area contributed by atoms with Crippen LogP contribution in [0.4, 0.5) is 17.1 Å². The molecular weight excluding hydrogens is 512 g/mol. The number of anilines is 3. The van der Waals surface area contributed by atoms with Crippen molar-refractivity contribution in [2.75, 3.05) is 4.90 Å². The summed E-state index contributed by atoms with van der Waals surface area (Å²) in [6.07, 6.45) is 0. The fraction of sp³-hybridized carbons (Fsp3) is 0. The predicted molar refractivity (Wildman–Crippen MR) is 175 cm³/mol. The van der Waals surface area contributed by atoms with Crippen molar-refractivity contribution in [2.24, 2.45) is 0 Å². The van der Waals surface area contributed by atoms with Crippen LogP contribution in [-0.4, -0.2) is 4.98 Å². The van der Waals surface area contributed by atoms with Crippen LogP contribution in [0.25, 0.3) is 55.2 Å². The van der Waals surface area contributed by atoms with Crippen molar-refractivity contribution >= 4 is 49.7 Å². The summed E-state index contributed by atoms with van der Waals surface area (Å²) in [5.41, 5.74) is 8.31. The fourth-order valence-corrected chi connectivity index (χ4v) is 5.81.